The summed E-state index contributed by atoms with van der Waals surface area (Å²) in [5, 5.41) is 10.3. The van der Waals surface area contributed by atoms with Crippen molar-refractivity contribution in [2.24, 2.45) is 0 Å². The standard InChI is InChI=1S/C24H26O4/c1-4-18-12-20-15-27-24(14-21(25)10-16(3)28-24)23(20)13-19(18)11-17-6-8-22(9-7-17)26-5-2/h1,6-9,12-13,16,21,25H,5,10-11,14-15H2,2-3H3/t16-,21+,24-/m1/s1. The molecule has 1 fully saturated rings. The van der Waals surface area contributed by atoms with Crippen molar-refractivity contribution in [2.45, 2.75) is 57.7 Å². The van der Waals surface area contributed by atoms with E-state index < -0.39 is 11.9 Å². The van der Waals surface area contributed by atoms with Gasteiger partial charge in [-0.05, 0) is 67.6 Å². The summed E-state index contributed by atoms with van der Waals surface area (Å²) in [6.07, 6.45) is 7.09. The van der Waals surface area contributed by atoms with Gasteiger partial charge in [-0.15, -0.1) is 6.42 Å². The maximum Gasteiger partial charge on any atom is 0.198 e. The molecule has 28 heavy (non-hydrogen) atoms. The third-order valence-corrected chi connectivity index (χ3v) is 5.48. The lowest BCUT2D eigenvalue weighted by Gasteiger charge is -2.39. The molecule has 2 aliphatic heterocycles. The van der Waals surface area contributed by atoms with E-state index in [0.717, 1.165) is 33.6 Å². The minimum absolute atomic E-state index is 0.0587. The number of terminal acetylenes is 1. The highest BCUT2D eigenvalue weighted by atomic mass is 16.7. The van der Waals surface area contributed by atoms with Gasteiger partial charge >= 0.3 is 0 Å². The molecular formula is C24H26O4. The summed E-state index contributed by atoms with van der Waals surface area (Å²) in [6.45, 7) is 5.05. The van der Waals surface area contributed by atoms with Crippen LogP contribution < -0.4 is 4.74 Å². The Kier molecular flexibility index (Phi) is 5.16. The van der Waals surface area contributed by atoms with Gasteiger partial charge in [0, 0.05) is 17.5 Å². The number of fused-ring (bicyclic) bond motifs is 2. The van der Waals surface area contributed by atoms with Crippen LogP contribution in [-0.4, -0.2) is 23.9 Å². The summed E-state index contributed by atoms with van der Waals surface area (Å²) in [6, 6.07) is 12.2. The minimum atomic E-state index is -0.868. The van der Waals surface area contributed by atoms with Gasteiger partial charge in [-0.25, -0.2) is 0 Å². The monoisotopic (exact) mass is 378 g/mol. The molecule has 0 unspecified atom stereocenters. The van der Waals surface area contributed by atoms with Gasteiger partial charge < -0.3 is 19.3 Å². The van der Waals surface area contributed by atoms with Crippen LogP contribution in [0, 0.1) is 12.3 Å². The lowest BCUT2D eigenvalue weighted by molar-refractivity contribution is -0.295. The van der Waals surface area contributed by atoms with Crippen molar-refractivity contribution >= 4 is 0 Å². The summed E-state index contributed by atoms with van der Waals surface area (Å²) in [5.41, 5.74) is 5.14. The molecule has 0 aliphatic carbocycles. The maximum absolute atomic E-state index is 10.3. The van der Waals surface area contributed by atoms with Crippen LogP contribution in [0.15, 0.2) is 36.4 Å². The smallest absolute Gasteiger partial charge is 0.198 e. The normalized spacial score (nSPS) is 26.1. The number of ether oxygens (including phenoxy) is 3. The van der Waals surface area contributed by atoms with Crippen molar-refractivity contribution in [3.05, 3.63) is 64.2 Å². The first-order valence-corrected chi connectivity index (χ1v) is 9.87. The molecule has 0 radical (unpaired) electrons. The van der Waals surface area contributed by atoms with Gasteiger partial charge in [0.25, 0.3) is 0 Å². The lowest BCUT2D eigenvalue weighted by Crippen LogP contribution is -2.43. The Hall–Kier alpha value is -2.32. The van der Waals surface area contributed by atoms with E-state index in [4.69, 9.17) is 20.6 Å². The summed E-state index contributed by atoms with van der Waals surface area (Å²) < 4.78 is 17.8. The van der Waals surface area contributed by atoms with Gasteiger partial charge in [-0.1, -0.05) is 18.1 Å². The highest BCUT2D eigenvalue weighted by Gasteiger charge is 2.47. The molecule has 3 atom stereocenters. The molecule has 4 heteroatoms. The second kappa shape index (κ2) is 7.60. The van der Waals surface area contributed by atoms with Crippen molar-refractivity contribution in [3.63, 3.8) is 0 Å². The number of rotatable bonds is 4. The van der Waals surface area contributed by atoms with Crippen LogP contribution in [0.1, 0.15) is 54.5 Å². The van der Waals surface area contributed by atoms with Gasteiger partial charge in [-0.3, -0.25) is 0 Å². The van der Waals surface area contributed by atoms with E-state index in [0.29, 0.717) is 32.5 Å². The van der Waals surface area contributed by atoms with Crippen LogP contribution in [0.3, 0.4) is 0 Å². The van der Waals surface area contributed by atoms with Gasteiger partial charge in [0.2, 0.25) is 0 Å². The molecule has 0 aromatic heterocycles. The Morgan fingerprint density at radius 3 is 2.75 bits per heavy atom. The molecule has 2 aromatic rings. The van der Waals surface area contributed by atoms with Gasteiger partial charge in [0.1, 0.15) is 5.75 Å². The summed E-state index contributed by atoms with van der Waals surface area (Å²) >= 11 is 0. The summed E-state index contributed by atoms with van der Waals surface area (Å²) in [5.74, 6) is 2.81. The molecule has 146 valence electrons. The van der Waals surface area contributed by atoms with E-state index in [1.807, 2.05) is 32.0 Å². The van der Waals surface area contributed by atoms with Crippen LogP contribution in [0.2, 0.25) is 0 Å². The molecule has 1 spiro atoms. The van der Waals surface area contributed by atoms with Gasteiger partial charge in [0.05, 0.1) is 25.4 Å². The van der Waals surface area contributed by atoms with Crippen LogP contribution in [0.5, 0.6) is 5.75 Å². The van der Waals surface area contributed by atoms with Crippen molar-refractivity contribution < 1.29 is 19.3 Å². The van der Waals surface area contributed by atoms with Crippen LogP contribution in [0.25, 0.3) is 0 Å². The number of hydrogen-bond donors (Lipinski definition) is 1. The second-order valence-electron chi connectivity index (χ2n) is 7.63. The summed E-state index contributed by atoms with van der Waals surface area (Å²) in [4.78, 5) is 0. The first-order valence-electron chi connectivity index (χ1n) is 9.87. The zero-order valence-electron chi connectivity index (χ0n) is 16.4. The Morgan fingerprint density at radius 2 is 2.07 bits per heavy atom. The lowest BCUT2D eigenvalue weighted by atomic mass is 9.88. The second-order valence-corrected chi connectivity index (χ2v) is 7.63. The van der Waals surface area contributed by atoms with Crippen LogP contribution >= 0.6 is 0 Å². The number of benzene rings is 2. The van der Waals surface area contributed by atoms with Crippen LogP contribution in [-0.2, 0) is 28.3 Å². The molecule has 2 heterocycles. The molecule has 1 N–H and O–H groups in total. The third-order valence-electron chi connectivity index (χ3n) is 5.48. The first-order chi connectivity index (χ1) is 13.5. The van der Waals surface area contributed by atoms with E-state index in [-0.39, 0.29) is 6.10 Å². The predicted molar refractivity (Wildman–Crippen MR) is 107 cm³/mol. The molecule has 0 amide bonds. The van der Waals surface area contributed by atoms with Gasteiger partial charge in [-0.2, -0.15) is 0 Å². The molecule has 2 aromatic carbocycles. The van der Waals surface area contributed by atoms with Crippen LogP contribution in [0.4, 0.5) is 0 Å². The predicted octanol–water partition coefficient (Wildman–Crippen LogP) is 3.90. The van der Waals surface area contributed by atoms with Crippen molar-refractivity contribution in [1.29, 1.82) is 0 Å². The number of aliphatic hydroxyl groups is 1. The molecule has 2 aliphatic rings. The van der Waals surface area contributed by atoms with Crippen molar-refractivity contribution in [3.8, 4) is 18.1 Å². The van der Waals surface area contributed by atoms with Crippen molar-refractivity contribution in [1.82, 2.24) is 0 Å². The zero-order valence-corrected chi connectivity index (χ0v) is 16.4. The van der Waals surface area contributed by atoms with E-state index in [2.05, 4.69) is 24.1 Å². The van der Waals surface area contributed by atoms with E-state index >= 15 is 0 Å². The fourth-order valence-corrected chi connectivity index (χ4v) is 4.27. The quantitative estimate of drug-likeness (QED) is 0.820. The van der Waals surface area contributed by atoms with E-state index in [1.165, 1.54) is 0 Å². The summed E-state index contributed by atoms with van der Waals surface area (Å²) in [7, 11) is 0. The highest BCUT2D eigenvalue weighted by Crippen LogP contribution is 2.46. The average Bonchev–Trinajstić information content (AvgIpc) is 2.98. The Bertz CT molecular complexity index is 884. The molecular weight excluding hydrogens is 352 g/mol. The Balaban J connectivity index is 1.67. The fourth-order valence-electron chi connectivity index (χ4n) is 4.27. The Labute approximate surface area is 166 Å². The molecule has 4 rings (SSSR count). The molecule has 4 nitrogen and oxygen atoms in total. The molecule has 0 bridgehead atoms. The van der Waals surface area contributed by atoms with E-state index in [1.54, 1.807) is 0 Å². The SMILES string of the molecule is C#Cc1cc2c(cc1Cc1ccc(OCC)cc1)[C@]1(C[C@@H](O)C[C@@H](C)O1)OC2. The highest BCUT2D eigenvalue weighted by molar-refractivity contribution is 5.50. The number of hydrogen-bond acceptors (Lipinski definition) is 4. The topological polar surface area (TPSA) is 47.9 Å². The molecule has 1 saturated heterocycles. The Morgan fingerprint density at radius 1 is 1.29 bits per heavy atom. The average molecular weight is 378 g/mol. The largest absolute Gasteiger partial charge is 0.494 e. The minimum Gasteiger partial charge on any atom is -0.494 e. The molecule has 0 saturated carbocycles. The zero-order chi connectivity index (χ0) is 19.7. The van der Waals surface area contributed by atoms with Gasteiger partial charge in [0.15, 0.2) is 5.79 Å². The third kappa shape index (κ3) is 3.54. The first kappa shape index (κ1) is 19.0. The van der Waals surface area contributed by atoms with E-state index in [9.17, 15) is 5.11 Å². The maximum atomic E-state index is 10.3. The number of aliphatic hydroxyl groups excluding tert-OH is 1. The fraction of sp³-hybridized carbons (Fsp3) is 0.417. The van der Waals surface area contributed by atoms with Crippen molar-refractivity contribution in [2.75, 3.05) is 6.61 Å².